The summed E-state index contributed by atoms with van der Waals surface area (Å²) in [6, 6.07) is 11.3. The molecule has 0 aromatic heterocycles. The molecule has 0 aliphatic carbocycles. The average molecular weight is 306 g/mol. The molecule has 0 aliphatic rings. The maximum absolute atomic E-state index is 14.0. The van der Waals surface area contributed by atoms with Gasteiger partial charge in [-0.05, 0) is 55.6 Å². The number of halogens is 2. The highest BCUT2D eigenvalue weighted by molar-refractivity contribution is 6.31. The van der Waals surface area contributed by atoms with Crippen molar-refractivity contribution in [2.75, 3.05) is 6.54 Å². The van der Waals surface area contributed by atoms with Gasteiger partial charge in [0.1, 0.15) is 5.82 Å². The summed E-state index contributed by atoms with van der Waals surface area (Å²) >= 11 is 6.15. The summed E-state index contributed by atoms with van der Waals surface area (Å²) in [5.41, 5.74) is 4.25. The second kappa shape index (κ2) is 7.06. The number of nitrogens with one attached hydrogen (secondary N) is 1. The third kappa shape index (κ3) is 3.84. The van der Waals surface area contributed by atoms with Gasteiger partial charge in [0, 0.05) is 16.6 Å². The molecule has 0 amide bonds. The quantitative estimate of drug-likeness (QED) is 0.820. The zero-order valence-corrected chi connectivity index (χ0v) is 13.5. The van der Waals surface area contributed by atoms with E-state index in [1.54, 1.807) is 12.1 Å². The summed E-state index contributed by atoms with van der Waals surface area (Å²) in [6.07, 6.45) is 0.543. The Morgan fingerprint density at radius 3 is 2.52 bits per heavy atom. The van der Waals surface area contributed by atoms with E-state index < -0.39 is 0 Å². The minimum absolute atomic E-state index is 0.0590. The van der Waals surface area contributed by atoms with Gasteiger partial charge in [-0.3, -0.25) is 0 Å². The number of hydrogen-bond donors (Lipinski definition) is 1. The van der Waals surface area contributed by atoms with Crippen LogP contribution in [-0.4, -0.2) is 6.54 Å². The fraction of sp³-hybridized carbons (Fsp3) is 0.333. The first-order chi connectivity index (χ1) is 10.0. The van der Waals surface area contributed by atoms with Crippen LogP contribution in [0.25, 0.3) is 0 Å². The molecule has 0 radical (unpaired) electrons. The Balaban J connectivity index is 2.33. The van der Waals surface area contributed by atoms with Gasteiger partial charge in [0.05, 0.1) is 0 Å². The molecule has 0 fully saturated rings. The minimum atomic E-state index is -0.241. The van der Waals surface area contributed by atoms with Crippen LogP contribution in [0, 0.1) is 19.7 Å². The second-order valence-electron chi connectivity index (χ2n) is 5.36. The number of rotatable bonds is 5. The van der Waals surface area contributed by atoms with E-state index in [0.717, 1.165) is 6.54 Å². The molecule has 0 heterocycles. The molecule has 3 heteroatoms. The normalized spacial score (nSPS) is 12.4. The molecule has 1 unspecified atom stereocenters. The van der Waals surface area contributed by atoms with Crippen molar-refractivity contribution in [3.05, 3.63) is 69.5 Å². The van der Waals surface area contributed by atoms with Gasteiger partial charge >= 0.3 is 0 Å². The largest absolute Gasteiger partial charge is 0.310 e. The predicted molar refractivity (Wildman–Crippen MR) is 87.4 cm³/mol. The lowest BCUT2D eigenvalue weighted by atomic mass is 9.95. The van der Waals surface area contributed by atoms with Gasteiger partial charge in [0.15, 0.2) is 0 Å². The third-order valence-corrected chi connectivity index (χ3v) is 4.21. The smallest absolute Gasteiger partial charge is 0.127 e. The molecular formula is C18H21ClFN. The zero-order valence-electron chi connectivity index (χ0n) is 12.7. The SMILES string of the molecule is CCNC(Cc1c(F)cccc1Cl)c1ccc(C)c(C)c1. The van der Waals surface area contributed by atoms with Gasteiger partial charge < -0.3 is 5.32 Å². The van der Waals surface area contributed by atoms with Gasteiger partial charge in [-0.25, -0.2) is 4.39 Å². The van der Waals surface area contributed by atoms with Crippen LogP contribution < -0.4 is 5.32 Å². The van der Waals surface area contributed by atoms with Crippen LogP contribution in [0.5, 0.6) is 0 Å². The van der Waals surface area contributed by atoms with Crippen molar-refractivity contribution in [2.45, 2.75) is 33.2 Å². The molecule has 2 rings (SSSR count). The van der Waals surface area contributed by atoms with E-state index in [-0.39, 0.29) is 11.9 Å². The van der Waals surface area contributed by atoms with E-state index in [0.29, 0.717) is 17.0 Å². The van der Waals surface area contributed by atoms with Gasteiger partial charge in [0.25, 0.3) is 0 Å². The molecule has 1 atom stereocenters. The number of likely N-dealkylation sites (N-methyl/N-ethyl adjacent to an activating group) is 1. The Morgan fingerprint density at radius 1 is 1.14 bits per heavy atom. The van der Waals surface area contributed by atoms with Crippen molar-refractivity contribution in [3.8, 4) is 0 Å². The molecule has 0 spiro atoms. The molecule has 1 nitrogen and oxygen atoms in total. The standard InChI is InChI=1S/C18H21ClFN/c1-4-21-18(14-9-8-12(2)13(3)10-14)11-15-16(19)6-5-7-17(15)20/h5-10,18,21H,4,11H2,1-3H3. The Morgan fingerprint density at radius 2 is 1.90 bits per heavy atom. The minimum Gasteiger partial charge on any atom is -0.310 e. The first-order valence-electron chi connectivity index (χ1n) is 7.26. The lowest BCUT2D eigenvalue weighted by Crippen LogP contribution is -2.23. The van der Waals surface area contributed by atoms with E-state index in [1.165, 1.54) is 22.8 Å². The Labute approximate surface area is 131 Å². The van der Waals surface area contributed by atoms with E-state index in [2.05, 4.69) is 44.3 Å². The molecule has 0 bridgehead atoms. The maximum Gasteiger partial charge on any atom is 0.127 e. The van der Waals surface area contributed by atoms with Crippen molar-refractivity contribution in [2.24, 2.45) is 0 Å². The molecule has 1 N–H and O–H groups in total. The number of hydrogen-bond acceptors (Lipinski definition) is 1. The summed E-state index contributed by atoms with van der Waals surface area (Å²) in [5.74, 6) is -0.241. The summed E-state index contributed by atoms with van der Waals surface area (Å²) in [7, 11) is 0. The molecular weight excluding hydrogens is 285 g/mol. The van der Waals surface area contributed by atoms with Gasteiger partial charge in [-0.15, -0.1) is 0 Å². The molecule has 0 saturated heterocycles. The van der Waals surface area contributed by atoms with Crippen molar-refractivity contribution in [1.29, 1.82) is 0 Å². The highest BCUT2D eigenvalue weighted by atomic mass is 35.5. The highest BCUT2D eigenvalue weighted by Crippen LogP contribution is 2.26. The van der Waals surface area contributed by atoms with E-state index in [9.17, 15) is 4.39 Å². The lowest BCUT2D eigenvalue weighted by molar-refractivity contribution is 0.528. The highest BCUT2D eigenvalue weighted by Gasteiger charge is 2.16. The van der Waals surface area contributed by atoms with E-state index >= 15 is 0 Å². The Kier molecular flexibility index (Phi) is 5.38. The summed E-state index contributed by atoms with van der Waals surface area (Å²) in [5, 5.41) is 3.91. The molecule has 2 aromatic carbocycles. The zero-order chi connectivity index (χ0) is 15.4. The first-order valence-corrected chi connectivity index (χ1v) is 7.64. The molecule has 21 heavy (non-hydrogen) atoms. The van der Waals surface area contributed by atoms with Crippen LogP contribution in [-0.2, 0) is 6.42 Å². The van der Waals surface area contributed by atoms with Crippen molar-refractivity contribution < 1.29 is 4.39 Å². The number of aryl methyl sites for hydroxylation is 2. The van der Waals surface area contributed by atoms with Crippen LogP contribution in [0.3, 0.4) is 0 Å². The van der Waals surface area contributed by atoms with Crippen LogP contribution in [0.15, 0.2) is 36.4 Å². The topological polar surface area (TPSA) is 12.0 Å². The molecule has 0 aliphatic heterocycles. The average Bonchev–Trinajstić information content (AvgIpc) is 2.45. The lowest BCUT2D eigenvalue weighted by Gasteiger charge is -2.20. The van der Waals surface area contributed by atoms with E-state index in [4.69, 9.17) is 11.6 Å². The number of benzene rings is 2. The predicted octanol–water partition coefficient (Wildman–Crippen LogP) is 4.99. The monoisotopic (exact) mass is 305 g/mol. The van der Waals surface area contributed by atoms with Crippen molar-refractivity contribution >= 4 is 11.6 Å². The molecule has 112 valence electrons. The fourth-order valence-corrected chi connectivity index (χ4v) is 2.71. The summed E-state index contributed by atoms with van der Waals surface area (Å²) in [6.45, 7) is 7.06. The van der Waals surface area contributed by atoms with E-state index in [1.807, 2.05) is 0 Å². The van der Waals surface area contributed by atoms with Gasteiger partial charge in [-0.2, -0.15) is 0 Å². The van der Waals surface area contributed by atoms with Crippen LogP contribution in [0.2, 0.25) is 5.02 Å². The third-order valence-electron chi connectivity index (χ3n) is 3.85. The maximum atomic E-state index is 14.0. The van der Waals surface area contributed by atoms with Crippen LogP contribution in [0.1, 0.15) is 35.2 Å². The summed E-state index contributed by atoms with van der Waals surface area (Å²) in [4.78, 5) is 0. The fourth-order valence-electron chi connectivity index (χ4n) is 2.47. The summed E-state index contributed by atoms with van der Waals surface area (Å²) < 4.78 is 14.0. The molecule has 2 aromatic rings. The van der Waals surface area contributed by atoms with Crippen LogP contribution >= 0.6 is 11.6 Å². The van der Waals surface area contributed by atoms with Gasteiger partial charge in [0.2, 0.25) is 0 Å². The van der Waals surface area contributed by atoms with Crippen molar-refractivity contribution in [3.63, 3.8) is 0 Å². The van der Waals surface area contributed by atoms with Gasteiger partial charge in [-0.1, -0.05) is 42.8 Å². The first kappa shape index (κ1) is 16.0. The Hall–Kier alpha value is -1.38. The second-order valence-corrected chi connectivity index (χ2v) is 5.77. The Bertz CT molecular complexity index is 604. The van der Waals surface area contributed by atoms with Crippen molar-refractivity contribution in [1.82, 2.24) is 5.32 Å². The van der Waals surface area contributed by atoms with Crippen LogP contribution in [0.4, 0.5) is 4.39 Å². The molecule has 0 saturated carbocycles.